The Hall–Kier alpha value is -3.39. The van der Waals surface area contributed by atoms with E-state index in [4.69, 9.17) is 4.74 Å². The zero-order valence-electron chi connectivity index (χ0n) is 18.5. The SMILES string of the molecule is COc1cc(C=C2CCCN(NC(=O)Cc3ccc(Br)cc3)C2=O)ccc1-n1cnc(C)c1. The largest absolute Gasteiger partial charge is 0.495 e. The Balaban J connectivity index is 1.47. The number of rotatable bonds is 6. The Morgan fingerprint density at radius 2 is 2.03 bits per heavy atom. The number of nitrogens with one attached hydrogen (secondary N) is 1. The number of carbonyl (C=O) groups is 2. The molecule has 2 heterocycles. The minimum atomic E-state index is -0.214. The summed E-state index contributed by atoms with van der Waals surface area (Å²) in [6.07, 6.45) is 7.17. The number of hydrazine groups is 1. The van der Waals surface area contributed by atoms with E-state index >= 15 is 0 Å². The Kier molecular flexibility index (Phi) is 6.93. The molecule has 8 heteroatoms. The van der Waals surface area contributed by atoms with Crippen molar-refractivity contribution in [2.45, 2.75) is 26.2 Å². The predicted octanol–water partition coefficient (Wildman–Crippen LogP) is 4.23. The third kappa shape index (κ3) is 5.51. The van der Waals surface area contributed by atoms with Crippen LogP contribution in [-0.2, 0) is 16.0 Å². The van der Waals surface area contributed by atoms with Gasteiger partial charge in [-0.05, 0) is 61.2 Å². The van der Waals surface area contributed by atoms with Crippen molar-refractivity contribution in [1.82, 2.24) is 20.0 Å². The van der Waals surface area contributed by atoms with Gasteiger partial charge < -0.3 is 9.30 Å². The molecule has 1 fully saturated rings. The van der Waals surface area contributed by atoms with Crippen molar-refractivity contribution in [1.29, 1.82) is 0 Å². The summed E-state index contributed by atoms with van der Waals surface area (Å²) in [5.41, 5.74) is 6.94. The fraction of sp³-hybridized carbons (Fsp3) is 0.240. The van der Waals surface area contributed by atoms with Crippen LogP contribution in [0.25, 0.3) is 11.8 Å². The summed E-state index contributed by atoms with van der Waals surface area (Å²) in [4.78, 5) is 29.7. The average Bonchev–Trinajstić information content (AvgIpc) is 3.24. The lowest BCUT2D eigenvalue weighted by atomic mass is 10.0. The molecular formula is C25H25BrN4O3. The minimum Gasteiger partial charge on any atom is -0.495 e. The number of hydrogen-bond donors (Lipinski definition) is 1. The number of methoxy groups -OCH3 is 1. The molecule has 4 rings (SSSR count). The number of halogens is 1. The summed E-state index contributed by atoms with van der Waals surface area (Å²) >= 11 is 3.39. The van der Waals surface area contributed by atoms with Crippen molar-refractivity contribution >= 4 is 33.8 Å². The highest BCUT2D eigenvalue weighted by atomic mass is 79.9. The molecule has 0 radical (unpaired) electrons. The first-order valence-electron chi connectivity index (χ1n) is 10.7. The number of amides is 2. The van der Waals surface area contributed by atoms with Crippen molar-refractivity contribution in [2.24, 2.45) is 0 Å². The smallest absolute Gasteiger partial charge is 0.268 e. The van der Waals surface area contributed by atoms with Crippen LogP contribution in [-0.4, -0.2) is 40.0 Å². The highest BCUT2D eigenvalue weighted by Crippen LogP contribution is 2.27. The highest BCUT2D eigenvalue weighted by molar-refractivity contribution is 9.10. The van der Waals surface area contributed by atoms with Gasteiger partial charge in [0.25, 0.3) is 5.91 Å². The minimum absolute atomic E-state index is 0.182. The third-order valence-corrected chi connectivity index (χ3v) is 5.95. The first-order valence-corrected chi connectivity index (χ1v) is 11.5. The number of piperidine rings is 1. The number of aromatic nitrogens is 2. The number of hydrogen-bond acceptors (Lipinski definition) is 4. The second kappa shape index (κ2) is 10.0. The van der Waals surface area contributed by atoms with Gasteiger partial charge in [-0.2, -0.15) is 0 Å². The number of nitrogens with zero attached hydrogens (tertiary/aromatic N) is 3. The quantitative estimate of drug-likeness (QED) is 0.505. The zero-order chi connectivity index (χ0) is 23.4. The molecule has 2 amide bonds. The second-order valence-electron chi connectivity index (χ2n) is 7.92. The fourth-order valence-corrected chi connectivity index (χ4v) is 4.04. The van der Waals surface area contributed by atoms with Crippen LogP contribution in [0.4, 0.5) is 0 Å². The van der Waals surface area contributed by atoms with E-state index in [1.165, 1.54) is 5.01 Å². The van der Waals surface area contributed by atoms with Gasteiger partial charge in [-0.3, -0.25) is 20.0 Å². The van der Waals surface area contributed by atoms with E-state index in [2.05, 4.69) is 26.3 Å². The molecule has 3 aromatic rings. The maximum absolute atomic E-state index is 13.0. The normalized spacial score (nSPS) is 15.1. The topological polar surface area (TPSA) is 76.5 Å². The lowest BCUT2D eigenvalue weighted by molar-refractivity contribution is -0.139. The Bertz CT molecular complexity index is 1200. The molecule has 0 bridgehead atoms. The van der Waals surface area contributed by atoms with E-state index in [9.17, 15) is 9.59 Å². The summed E-state index contributed by atoms with van der Waals surface area (Å²) < 4.78 is 8.43. The van der Waals surface area contributed by atoms with Crippen LogP contribution in [0.2, 0.25) is 0 Å². The molecule has 0 spiro atoms. The Morgan fingerprint density at radius 1 is 1.24 bits per heavy atom. The lowest BCUT2D eigenvalue weighted by Crippen LogP contribution is -2.49. The maximum atomic E-state index is 13.0. The molecule has 1 aromatic heterocycles. The molecule has 7 nitrogen and oxygen atoms in total. The van der Waals surface area contributed by atoms with Crippen LogP contribution < -0.4 is 10.2 Å². The molecule has 1 aliphatic heterocycles. The van der Waals surface area contributed by atoms with Crippen molar-refractivity contribution < 1.29 is 14.3 Å². The molecule has 0 unspecified atom stereocenters. The van der Waals surface area contributed by atoms with E-state index in [0.717, 1.165) is 33.4 Å². The van der Waals surface area contributed by atoms with Crippen LogP contribution in [0.15, 0.2) is 65.0 Å². The molecular weight excluding hydrogens is 484 g/mol. The van der Waals surface area contributed by atoms with E-state index in [1.54, 1.807) is 13.4 Å². The number of imidazole rings is 1. The number of benzene rings is 2. The van der Waals surface area contributed by atoms with Gasteiger partial charge in [0, 0.05) is 22.8 Å². The highest BCUT2D eigenvalue weighted by Gasteiger charge is 2.25. The van der Waals surface area contributed by atoms with E-state index in [1.807, 2.05) is 66.2 Å². The van der Waals surface area contributed by atoms with Gasteiger partial charge in [-0.1, -0.05) is 34.1 Å². The summed E-state index contributed by atoms with van der Waals surface area (Å²) in [6, 6.07) is 13.3. The van der Waals surface area contributed by atoms with Gasteiger partial charge >= 0.3 is 0 Å². The molecule has 0 atom stereocenters. The first-order chi connectivity index (χ1) is 15.9. The summed E-state index contributed by atoms with van der Waals surface area (Å²) in [5.74, 6) is 0.289. The molecule has 0 aliphatic carbocycles. The number of aryl methyl sites for hydroxylation is 1. The van der Waals surface area contributed by atoms with Crippen LogP contribution in [0.3, 0.4) is 0 Å². The average molecular weight is 509 g/mol. The van der Waals surface area contributed by atoms with Crippen LogP contribution in [0, 0.1) is 6.92 Å². The third-order valence-electron chi connectivity index (χ3n) is 5.42. The molecule has 2 aromatic carbocycles. The number of carbonyl (C=O) groups excluding carboxylic acids is 2. The van der Waals surface area contributed by atoms with Crippen molar-refractivity contribution in [2.75, 3.05) is 13.7 Å². The summed E-state index contributed by atoms with van der Waals surface area (Å²) in [6.45, 7) is 2.42. The molecule has 33 heavy (non-hydrogen) atoms. The Morgan fingerprint density at radius 3 is 2.73 bits per heavy atom. The summed E-state index contributed by atoms with van der Waals surface area (Å²) in [5, 5.41) is 1.41. The molecule has 170 valence electrons. The van der Waals surface area contributed by atoms with Crippen molar-refractivity contribution in [3.8, 4) is 11.4 Å². The molecule has 0 saturated carbocycles. The summed E-state index contributed by atoms with van der Waals surface area (Å²) in [7, 11) is 1.62. The van der Waals surface area contributed by atoms with Crippen LogP contribution in [0.5, 0.6) is 5.75 Å². The van der Waals surface area contributed by atoms with Gasteiger partial charge in [-0.25, -0.2) is 4.98 Å². The van der Waals surface area contributed by atoms with Crippen molar-refractivity contribution in [3.63, 3.8) is 0 Å². The first kappa shape index (κ1) is 22.8. The van der Waals surface area contributed by atoms with Crippen LogP contribution >= 0.6 is 15.9 Å². The van der Waals surface area contributed by atoms with E-state index in [-0.39, 0.29) is 18.2 Å². The lowest BCUT2D eigenvalue weighted by Gasteiger charge is -2.28. The number of ether oxygens (including phenoxy) is 1. The van der Waals surface area contributed by atoms with Gasteiger partial charge in [-0.15, -0.1) is 0 Å². The van der Waals surface area contributed by atoms with E-state index < -0.39 is 0 Å². The molecule has 1 aliphatic rings. The standard InChI is InChI=1S/C25H25BrN4O3/c1-17-15-29(16-27-17)22-10-7-19(13-23(22)33-2)12-20-4-3-11-30(25(20)32)28-24(31)14-18-5-8-21(26)9-6-18/h5-10,12-13,15-16H,3-4,11,14H2,1-2H3,(H,28,31). The van der Waals surface area contributed by atoms with Gasteiger partial charge in [0.2, 0.25) is 5.91 Å². The monoisotopic (exact) mass is 508 g/mol. The molecule has 1 N–H and O–H groups in total. The Labute approximate surface area is 201 Å². The van der Waals surface area contributed by atoms with Gasteiger partial charge in [0.15, 0.2) is 0 Å². The predicted molar refractivity (Wildman–Crippen MR) is 130 cm³/mol. The maximum Gasteiger partial charge on any atom is 0.268 e. The van der Waals surface area contributed by atoms with Gasteiger partial charge in [0.1, 0.15) is 5.75 Å². The zero-order valence-corrected chi connectivity index (χ0v) is 20.1. The van der Waals surface area contributed by atoms with Gasteiger partial charge in [0.05, 0.1) is 31.2 Å². The fourth-order valence-electron chi connectivity index (χ4n) is 3.78. The molecule has 1 saturated heterocycles. The van der Waals surface area contributed by atoms with Crippen LogP contribution in [0.1, 0.15) is 29.7 Å². The second-order valence-corrected chi connectivity index (χ2v) is 8.84. The van der Waals surface area contributed by atoms with E-state index in [0.29, 0.717) is 24.3 Å². The van der Waals surface area contributed by atoms with Crippen molar-refractivity contribution in [3.05, 3.63) is 81.9 Å².